The third-order valence-electron chi connectivity index (χ3n) is 6.19. The lowest BCUT2D eigenvalue weighted by Crippen LogP contribution is -2.42. The quantitative estimate of drug-likeness (QED) is 0.393. The Morgan fingerprint density at radius 3 is 2.79 bits per heavy atom. The summed E-state index contributed by atoms with van der Waals surface area (Å²) in [6, 6.07) is 0. The zero-order chi connectivity index (χ0) is 24.0. The summed E-state index contributed by atoms with van der Waals surface area (Å²) in [5, 5.41) is 34.4. The van der Waals surface area contributed by atoms with Gasteiger partial charge in [-0.1, -0.05) is 19.8 Å². The summed E-state index contributed by atoms with van der Waals surface area (Å²) in [5.41, 5.74) is 5.41. The lowest BCUT2D eigenvalue weighted by Gasteiger charge is -2.38. The van der Waals surface area contributed by atoms with Gasteiger partial charge in [-0.25, -0.2) is 15.0 Å². The van der Waals surface area contributed by atoms with E-state index in [-0.39, 0.29) is 28.2 Å². The predicted molar refractivity (Wildman–Crippen MR) is 118 cm³/mol. The average Bonchev–Trinajstić information content (AvgIpc) is 3.27. The van der Waals surface area contributed by atoms with Crippen molar-refractivity contribution in [1.82, 2.24) is 24.8 Å². The Bertz CT molecular complexity index is 1120. The highest BCUT2D eigenvalue weighted by molar-refractivity contribution is 5.83. The summed E-state index contributed by atoms with van der Waals surface area (Å²) in [6.07, 6.45) is -0.820. The Labute approximate surface area is 191 Å². The summed E-state index contributed by atoms with van der Waals surface area (Å²) in [4.78, 5) is 25.0. The van der Waals surface area contributed by atoms with E-state index in [9.17, 15) is 20.1 Å². The Morgan fingerprint density at radius 2 is 2.09 bits per heavy atom. The smallest absolute Gasteiger partial charge is 0.252 e. The first kappa shape index (κ1) is 23.4. The number of ether oxygens (including phenoxy) is 1. The van der Waals surface area contributed by atoms with Crippen molar-refractivity contribution < 1.29 is 24.9 Å². The number of anilines is 1. The number of nitrogen functional groups attached to an aromatic ring is 1. The van der Waals surface area contributed by atoms with Crippen molar-refractivity contribution in [3.63, 3.8) is 0 Å². The van der Waals surface area contributed by atoms with Gasteiger partial charge in [-0.15, -0.1) is 0 Å². The SMILES string of the molecule is CCNC(=O)[C@H]1O[C@@H](n2cnc3c(N)nc(C#CC4(O)CCCC(C)(C)C4)nc32)[C@@H](O)C1O. The number of nitrogens with zero attached hydrogens (tertiary/aromatic N) is 4. The van der Waals surface area contributed by atoms with Gasteiger partial charge < -0.3 is 31.1 Å². The first-order chi connectivity index (χ1) is 15.5. The molecule has 2 aromatic rings. The van der Waals surface area contributed by atoms with Crippen LogP contribution in [0.5, 0.6) is 0 Å². The maximum atomic E-state index is 12.2. The highest BCUT2D eigenvalue weighted by Crippen LogP contribution is 2.40. The topological polar surface area (TPSA) is 169 Å². The van der Waals surface area contributed by atoms with Crippen molar-refractivity contribution >= 4 is 22.9 Å². The molecule has 2 aromatic heterocycles. The van der Waals surface area contributed by atoms with E-state index in [4.69, 9.17) is 10.5 Å². The van der Waals surface area contributed by atoms with E-state index in [1.807, 2.05) is 0 Å². The largest absolute Gasteiger partial charge is 0.387 e. The molecular formula is C22H30N6O5. The first-order valence-electron chi connectivity index (χ1n) is 11.1. The van der Waals surface area contributed by atoms with Gasteiger partial charge in [0.15, 0.2) is 23.8 Å². The van der Waals surface area contributed by atoms with Crippen LogP contribution in [0.25, 0.3) is 11.2 Å². The summed E-state index contributed by atoms with van der Waals surface area (Å²) in [5.74, 6) is 5.39. The fraction of sp³-hybridized carbons (Fsp3) is 0.636. The molecule has 1 amide bonds. The average molecular weight is 459 g/mol. The normalized spacial score (nSPS) is 31.2. The van der Waals surface area contributed by atoms with Crippen LogP contribution in [0.4, 0.5) is 5.82 Å². The van der Waals surface area contributed by atoms with E-state index >= 15 is 0 Å². The maximum absolute atomic E-state index is 12.2. The van der Waals surface area contributed by atoms with Crippen LogP contribution in [0.2, 0.25) is 0 Å². The Morgan fingerprint density at radius 1 is 1.33 bits per heavy atom. The molecule has 2 fully saturated rings. The molecule has 5 atom stereocenters. The van der Waals surface area contributed by atoms with Gasteiger partial charge in [0.1, 0.15) is 23.3 Å². The fourth-order valence-electron chi connectivity index (χ4n) is 4.67. The Kier molecular flexibility index (Phi) is 6.05. The van der Waals surface area contributed by atoms with Gasteiger partial charge in [0.05, 0.1) is 6.33 Å². The van der Waals surface area contributed by atoms with Crippen LogP contribution in [-0.4, -0.2) is 71.2 Å². The number of nitrogens with two attached hydrogens (primary N) is 1. The van der Waals surface area contributed by atoms with Crippen molar-refractivity contribution in [3.8, 4) is 11.8 Å². The number of imidazole rings is 1. The molecule has 2 aliphatic rings. The molecule has 4 rings (SSSR count). The first-order valence-corrected chi connectivity index (χ1v) is 11.1. The van der Waals surface area contributed by atoms with Crippen molar-refractivity contribution in [1.29, 1.82) is 0 Å². The molecule has 0 spiro atoms. The molecule has 33 heavy (non-hydrogen) atoms. The molecule has 178 valence electrons. The monoisotopic (exact) mass is 458 g/mol. The van der Waals surface area contributed by atoms with Gasteiger partial charge in [0.2, 0.25) is 5.82 Å². The highest BCUT2D eigenvalue weighted by atomic mass is 16.6. The lowest BCUT2D eigenvalue weighted by molar-refractivity contribution is -0.137. The van der Waals surface area contributed by atoms with Crippen LogP contribution in [-0.2, 0) is 9.53 Å². The number of hydrogen-bond acceptors (Lipinski definition) is 9. The molecule has 2 unspecified atom stereocenters. The molecule has 6 N–H and O–H groups in total. The van der Waals surface area contributed by atoms with Crippen LogP contribution in [0, 0.1) is 17.3 Å². The summed E-state index contributed by atoms with van der Waals surface area (Å²) in [6.45, 7) is 6.31. The highest BCUT2D eigenvalue weighted by Gasteiger charge is 2.47. The molecule has 3 heterocycles. The molecule has 1 aliphatic heterocycles. The van der Waals surface area contributed by atoms with Crippen molar-refractivity contribution in [2.24, 2.45) is 5.41 Å². The molecular weight excluding hydrogens is 428 g/mol. The molecule has 0 radical (unpaired) electrons. The fourth-order valence-corrected chi connectivity index (χ4v) is 4.67. The van der Waals surface area contributed by atoms with Gasteiger partial charge in [-0.3, -0.25) is 9.36 Å². The number of rotatable bonds is 3. The van der Waals surface area contributed by atoms with Gasteiger partial charge >= 0.3 is 0 Å². The van der Waals surface area contributed by atoms with Crippen molar-refractivity contribution in [2.75, 3.05) is 12.3 Å². The second kappa shape index (κ2) is 8.53. The van der Waals surface area contributed by atoms with Crippen LogP contribution < -0.4 is 11.1 Å². The molecule has 1 aliphatic carbocycles. The predicted octanol–water partition coefficient (Wildman–Crippen LogP) is -0.153. The third kappa shape index (κ3) is 4.52. The number of fused-ring (bicyclic) bond motifs is 1. The number of amides is 1. The van der Waals surface area contributed by atoms with E-state index in [1.165, 1.54) is 10.9 Å². The molecule has 1 saturated carbocycles. The molecule has 11 heteroatoms. The maximum Gasteiger partial charge on any atom is 0.252 e. The van der Waals surface area contributed by atoms with Crippen LogP contribution >= 0.6 is 0 Å². The second-order valence-electron chi connectivity index (χ2n) is 9.56. The molecule has 0 bridgehead atoms. The number of carbonyl (C=O) groups excluding carboxylic acids is 1. The Balaban J connectivity index is 1.66. The number of hydrogen-bond donors (Lipinski definition) is 5. The van der Waals surface area contributed by atoms with Gasteiger partial charge in [-0.05, 0) is 43.9 Å². The number of aliphatic hydroxyl groups is 3. The molecule has 1 saturated heterocycles. The van der Waals surface area contributed by atoms with Crippen LogP contribution in [0.1, 0.15) is 58.5 Å². The molecule has 0 aromatic carbocycles. The zero-order valence-corrected chi connectivity index (χ0v) is 18.9. The van der Waals surface area contributed by atoms with Gasteiger partial charge in [0, 0.05) is 6.54 Å². The third-order valence-corrected chi connectivity index (χ3v) is 6.19. The van der Waals surface area contributed by atoms with Crippen molar-refractivity contribution in [2.45, 2.75) is 76.6 Å². The number of aromatic nitrogens is 4. The van der Waals surface area contributed by atoms with E-state index in [0.717, 1.165) is 12.8 Å². The summed E-state index contributed by atoms with van der Waals surface area (Å²) >= 11 is 0. The second-order valence-corrected chi connectivity index (χ2v) is 9.56. The molecule has 11 nitrogen and oxygen atoms in total. The standard InChI is InChI=1S/C22H30N6O5/c1-4-24-19(31)16-14(29)15(30)20(33-16)28-11-25-13-17(23)26-12(27-18(13)28)6-9-22(32)8-5-7-21(2,3)10-22/h11,14-16,20,29-30,32H,4-5,7-8,10H2,1-3H3,(H,24,31)(H2,23,26,27)/t14?,15-,16-,20+,22?/m0/s1. The zero-order valence-electron chi connectivity index (χ0n) is 18.9. The van der Waals surface area contributed by atoms with Gasteiger partial charge in [0.25, 0.3) is 5.91 Å². The Hall–Kier alpha value is -2.78. The summed E-state index contributed by atoms with van der Waals surface area (Å²) in [7, 11) is 0. The number of aliphatic hydroxyl groups excluding tert-OH is 2. The van der Waals surface area contributed by atoms with E-state index in [0.29, 0.717) is 19.4 Å². The minimum atomic E-state index is -1.43. The minimum Gasteiger partial charge on any atom is -0.387 e. The van der Waals surface area contributed by atoms with Crippen LogP contribution in [0.15, 0.2) is 6.33 Å². The lowest BCUT2D eigenvalue weighted by atomic mass is 9.70. The van der Waals surface area contributed by atoms with Crippen molar-refractivity contribution in [3.05, 3.63) is 12.2 Å². The number of likely N-dealkylation sites (N-methyl/N-ethyl adjacent to an activating group) is 1. The minimum absolute atomic E-state index is 0.0124. The van der Waals surface area contributed by atoms with E-state index in [2.05, 4.69) is 46.0 Å². The van der Waals surface area contributed by atoms with Gasteiger partial charge in [-0.2, -0.15) is 0 Å². The van der Waals surface area contributed by atoms with E-state index < -0.39 is 36.0 Å². The van der Waals surface area contributed by atoms with Crippen LogP contribution in [0.3, 0.4) is 0 Å². The number of nitrogens with one attached hydrogen (secondary N) is 1. The van der Waals surface area contributed by atoms with E-state index in [1.54, 1.807) is 6.92 Å². The summed E-state index contributed by atoms with van der Waals surface area (Å²) < 4.78 is 7.05. The number of carbonyl (C=O) groups is 1.